The van der Waals surface area contributed by atoms with E-state index in [2.05, 4.69) is 31.3 Å². The van der Waals surface area contributed by atoms with Gasteiger partial charge in [0.05, 0.1) is 37.9 Å². The maximum atomic E-state index is 12.7. The number of carbonyl (C=O) groups is 1. The van der Waals surface area contributed by atoms with Crippen LogP contribution >= 0.6 is 7.82 Å². The zero-order chi connectivity index (χ0) is 35.6. The van der Waals surface area contributed by atoms with Crippen LogP contribution in [0.2, 0.25) is 0 Å². The number of hydrogen-bond donors (Lipinski definition) is 5. The van der Waals surface area contributed by atoms with Gasteiger partial charge < -0.3 is 26.2 Å². The maximum absolute atomic E-state index is 12.7. The van der Waals surface area contributed by atoms with Crippen LogP contribution in [0.3, 0.4) is 0 Å². The van der Waals surface area contributed by atoms with Crippen molar-refractivity contribution in [1.29, 1.82) is 0 Å². The van der Waals surface area contributed by atoms with Crippen LogP contribution in [0.15, 0.2) is 24.3 Å². The fourth-order valence-corrected chi connectivity index (χ4v) is 6.34. The van der Waals surface area contributed by atoms with Crippen LogP contribution in [0.4, 0.5) is 0 Å². The Kier molecular flexibility index (Phi) is 33.6. The number of aliphatic hydroxyl groups is 2. The van der Waals surface area contributed by atoms with Crippen LogP contribution in [0.25, 0.3) is 0 Å². The van der Waals surface area contributed by atoms with Crippen molar-refractivity contribution >= 4 is 13.7 Å². The second-order valence-corrected chi connectivity index (χ2v) is 14.8. The third-order valence-corrected chi connectivity index (χ3v) is 9.56. The Labute approximate surface area is 294 Å². The number of nitrogens with one attached hydrogen (secondary N) is 1. The Bertz CT molecular complexity index is 827. The lowest BCUT2D eigenvalue weighted by Crippen LogP contribution is -2.46. The standard InChI is InChI=1S/C38H75N2O7P/c1-3-5-7-9-11-12-13-14-15-16-17-18-19-20-21-22-24-25-27-29-35(41)33-38(43)40-36(34-47-48(44,45)46-32-31-39)37(42)30-28-26-23-10-8-6-4-2/h18-19,28,30,35-37,41-42H,3-17,20-27,29,31-34,39H2,1-2H3,(H,40,43)(H,44,45)/b19-18-,30-28+. The average molecular weight is 703 g/mol. The van der Waals surface area contributed by atoms with Crippen molar-refractivity contribution in [3.8, 4) is 0 Å². The van der Waals surface area contributed by atoms with Gasteiger partial charge in [-0.3, -0.25) is 13.8 Å². The second-order valence-electron chi connectivity index (χ2n) is 13.3. The number of phosphoric acid groups is 1. The summed E-state index contributed by atoms with van der Waals surface area (Å²) in [5.74, 6) is -0.455. The van der Waals surface area contributed by atoms with Gasteiger partial charge in [0, 0.05) is 6.54 Å². The van der Waals surface area contributed by atoms with Crippen LogP contribution in [0.1, 0.15) is 174 Å². The number of allylic oxidation sites excluding steroid dienone is 3. The summed E-state index contributed by atoms with van der Waals surface area (Å²) in [5.41, 5.74) is 5.33. The highest BCUT2D eigenvalue weighted by Gasteiger charge is 2.27. The third kappa shape index (κ3) is 32.2. The van der Waals surface area contributed by atoms with Crippen molar-refractivity contribution in [2.75, 3.05) is 19.8 Å². The second kappa shape index (κ2) is 34.4. The quantitative estimate of drug-likeness (QED) is 0.0246. The summed E-state index contributed by atoms with van der Waals surface area (Å²) >= 11 is 0. The molecule has 1 amide bonds. The molecule has 10 heteroatoms. The molecule has 0 spiro atoms. The molecule has 0 aliphatic carbocycles. The van der Waals surface area contributed by atoms with Gasteiger partial charge in [0.2, 0.25) is 5.91 Å². The average Bonchev–Trinajstić information content (AvgIpc) is 3.06. The summed E-state index contributed by atoms with van der Waals surface area (Å²) in [6.07, 6.45) is 34.3. The Hall–Kier alpha value is -1.06. The number of rotatable bonds is 36. The van der Waals surface area contributed by atoms with Crippen LogP contribution in [-0.4, -0.2) is 59.0 Å². The molecule has 0 aromatic rings. The van der Waals surface area contributed by atoms with Crippen molar-refractivity contribution in [3.63, 3.8) is 0 Å². The fraction of sp³-hybridized carbons (Fsp3) is 0.868. The molecule has 0 aromatic heterocycles. The van der Waals surface area contributed by atoms with Crippen LogP contribution in [0.5, 0.6) is 0 Å². The van der Waals surface area contributed by atoms with Gasteiger partial charge in [0.1, 0.15) is 0 Å². The molecule has 0 bridgehead atoms. The molecule has 284 valence electrons. The fourth-order valence-electron chi connectivity index (χ4n) is 5.58. The van der Waals surface area contributed by atoms with Crippen molar-refractivity contribution in [3.05, 3.63) is 24.3 Å². The smallest absolute Gasteiger partial charge is 0.393 e. The zero-order valence-corrected chi connectivity index (χ0v) is 31.7. The molecule has 0 aromatic carbocycles. The van der Waals surface area contributed by atoms with Gasteiger partial charge in [0.15, 0.2) is 0 Å². The van der Waals surface area contributed by atoms with Gasteiger partial charge in [0.25, 0.3) is 0 Å². The molecule has 0 saturated heterocycles. The van der Waals surface area contributed by atoms with Gasteiger partial charge in [-0.05, 0) is 44.9 Å². The Morgan fingerprint density at radius 2 is 1.17 bits per heavy atom. The lowest BCUT2D eigenvalue weighted by atomic mass is 10.0. The van der Waals surface area contributed by atoms with E-state index < -0.39 is 38.6 Å². The van der Waals surface area contributed by atoms with Crippen molar-refractivity contribution in [1.82, 2.24) is 5.32 Å². The Balaban J connectivity index is 4.20. The van der Waals surface area contributed by atoms with E-state index in [0.717, 1.165) is 51.4 Å². The minimum Gasteiger partial charge on any atom is -0.393 e. The number of hydrogen-bond acceptors (Lipinski definition) is 7. The van der Waals surface area contributed by atoms with Crippen molar-refractivity contribution in [2.24, 2.45) is 5.73 Å². The van der Waals surface area contributed by atoms with Gasteiger partial charge >= 0.3 is 7.82 Å². The molecule has 0 aliphatic rings. The summed E-state index contributed by atoms with van der Waals surface area (Å²) in [6.45, 7) is 3.89. The molecule has 0 saturated carbocycles. The van der Waals surface area contributed by atoms with E-state index in [1.54, 1.807) is 6.08 Å². The largest absolute Gasteiger partial charge is 0.472 e. The zero-order valence-electron chi connectivity index (χ0n) is 30.8. The van der Waals surface area contributed by atoms with Gasteiger partial charge in [-0.2, -0.15) is 0 Å². The SMILES string of the molecule is CCCCCCC/C=C/C(O)C(COP(=O)(O)OCCN)NC(=O)CC(O)CCCCCCC/C=C\CCCCCCCCCCCC. The maximum Gasteiger partial charge on any atom is 0.472 e. The molecular formula is C38H75N2O7P. The summed E-state index contributed by atoms with van der Waals surface area (Å²) in [5, 5.41) is 23.8. The Morgan fingerprint density at radius 1 is 0.708 bits per heavy atom. The molecule has 0 aliphatic heterocycles. The minimum absolute atomic E-state index is 0.0480. The first-order valence-corrected chi connectivity index (χ1v) is 21.0. The summed E-state index contributed by atoms with van der Waals surface area (Å²) in [7, 11) is -4.38. The molecule has 0 fully saturated rings. The molecule has 0 rings (SSSR count). The monoisotopic (exact) mass is 703 g/mol. The molecule has 4 unspecified atom stereocenters. The van der Waals surface area contributed by atoms with E-state index in [9.17, 15) is 24.5 Å². The number of nitrogens with two attached hydrogens (primary N) is 1. The first-order chi connectivity index (χ1) is 23.3. The molecule has 6 N–H and O–H groups in total. The summed E-state index contributed by atoms with van der Waals surface area (Å²) in [4.78, 5) is 22.6. The Morgan fingerprint density at radius 3 is 1.67 bits per heavy atom. The number of amides is 1. The van der Waals surface area contributed by atoms with E-state index in [0.29, 0.717) is 6.42 Å². The van der Waals surface area contributed by atoms with Gasteiger partial charge in [-0.1, -0.05) is 147 Å². The van der Waals surface area contributed by atoms with Gasteiger partial charge in [-0.15, -0.1) is 0 Å². The number of carbonyl (C=O) groups excluding carboxylic acids is 1. The number of phosphoric ester groups is 1. The molecule has 4 atom stereocenters. The highest BCUT2D eigenvalue weighted by molar-refractivity contribution is 7.47. The lowest BCUT2D eigenvalue weighted by molar-refractivity contribution is -0.124. The van der Waals surface area contributed by atoms with E-state index in [-0.39, 0.29) is 19.6 Å². The van der Waals surface area contributed by atoms with Crippen molar-refractivity contribution < 1.29 is 33.5 Å². The molecular weight excluding hydrogens is 627 g/mol. The van der Waals surface area contributed by atoms with Crippen LogP contribution in [0, 0.1) is 0 Å². The van der Waals surface area contributed by atoms with Crippen molar-refractivity contribution in [2.45, 2.75) is 193 Å². The van der Waals surface area contributed by atoms with Gasteiger partial charge in [-0.25, -0.2) is 4.57 Å². The normalized spacial score (nSPS) is 15.2. The van der Waals surface area contributed by atoms with Crippen LogP contribution in [-0.2, 0) is 18.4 Å². The van der Waals surface area contributed by atoms with Crippen LogP contribution < -0.4 is 11.1 Å². The topological polar surface area (TPSA) is 151 Å². The predicted octanol–water partition coefficient (Wildman–Crippen LogP) is 9.19. The van der Waals surface area contributed by atoms with E-state index >= 15 is 0 Å². The minimum atomic E-state index is -4.38. The third-order valence-electron chi connectivity index (χ3n) is 8.58. The first-order valence-electron chi connectivity index (χ1n) is 19.5. The van der Waals surface area contributed by atoms with E-state index in [1.807, 2.05) is 6.08 Å². The summed E-state index contributed by atoms with van der Waals surface area (Å²) in [6, 6.07) is -0.980. The lowest BCUT2D eigenvalue weighted by Gasteiger charge is -2.24. The first kappa shape index (κ1) is 46.9. The predicted molar refractivity (Wildman–Crippen MR) is 200 cm³/mol. The summed E-state index contributed by atoms with van der Waals surface area (Å²) < 4.78 is 21.9. The van der Waals surface area contributed by atoms with E-state index in [1.165, 1.54) is 96.3 Å². The number of aliphatic hydroxyl groups excluding tert-OH is 2. The molecule has 9 nitrogen and oxygen atoms in total. The molecule has 48 heavy (non-hydrogen) atoms. The molecule has 0 radical (unpaired) electrons. The highest BCUT2D eigenvalue weighted by atomic mass is 31.2. The highest BCUT2D eigenvalue weighted by Crippen LogP contribution is 2.43. The molecule has 0 heterocycles. The number of unbranched alkanes of at least 4 members (excludes halogenated alkanes) is 20. The van der Waals surface area contributed by atoms with E-state index in [4.69, 9.17) is 14.8 Å².